The van der Waals surface area contributed by atoms with E-state index in [-0.39, 0.29) is 5.43 Å². The standard InChI is InChI=1S/C18H13NO2/c20-18-14(15-7-3-4-10-19-15)11-21-16-9-8-12-5-1-2-6-13(12)17(16)18/h2-4,6-11H,1,5H2. The van der Waals surface area contributed by atoms with E-state index in [9.17, 15) is 4.79 Å². The van der Waals surface area contributed by atoms with Crippen LogP contribution in [-0.4, -0.2) is 4.98 Å². The maximum absolute atomic E-state index is 12.9. The van der Waals surface area contributed by atoms with Gasteiger partial charge in [0.05, 0.1) is 16.6 Å². The second-order valence-electron chi connectivity index (χ2n) is 5.15. The summed E-state index contributed by atoms with van der Waals surface area (Å²) in [5.74, 6) is 0. The summed E-state index contributed by atoms with van der Waals surface area (Å²) >= 11 is 0. The van der Waals surface area contributed by atoms with Crippen molar-refractivity contribution in [2.24, 2.45) is 0 Å². The lowest BCUT2D eigenvalue weighted by Crippen LogP contribution is -2.09. The van der Waals surface area contributed by atoms with Crippen LogP contribution in [0.4, 0.5) is 0 Å². The molecule has 1 aliphatic carbocycles. The highest BCUT2D eigenvalue weighted by atomic mass is 16.3. The summed E-state index contributed by atoms with van der Waals surface area (Å²) in [5.41, 5.74) is 3.96. The van der Waals surface area contributed by atoms with Gasteiger partial charge in [-0.3, -0.25) is 9.78 Å². The third-order valence-electron chi connectivity index (χ3n) is 3.88. The summed E-state index contributed by atoms with van der Waals surface area (Å²) in [7, 11) is 0. The predicted molar refractivity (Wildman–Crippen MR) is 83.1 cm³/mol. The van der Waals surface area contributed by atoms with Gasteiger partial charge in [-0.05, 0) is 42.2 Å². The Morgan fingerprint density at radius 2 is 2.10 bits per heavy atom. The first-order chi connectivity index (χ1) is 10.3. The molecule has 3 heteroatoms. The molecular formula is C18H13NO2. The van der Waals surface area contributed by atoms with Gasteiger partial charge in [-0.15, -0.1) is 0 Å². The molecule has 3 nitrogen and oxygen atoms in total. The van der Waals surface area contributed by atoms with Gasteiger partial charge in [-0.2, -0.15) is 0 Å². The summed E-state index contributed by atoms with van der Waals surface area (Å²) < 4.78 is 5.67. The molecule has 0 spiro atoms. The third kappa shape index (κ3) is 1.89. The maximum atomic E-state index is 12.9. The molecule has 0 unspecified atom stereocenters. The molecule has 1 aliphatic rings. The molecule has 0 aliphatic heterocycles. The van der Waals surface area contributed by atoms with Crippen molar-refractivity contribution >= 4 is 17.0 Å². The Morgan fingerprint density at radius 1 is 1.14 bits per heavy atom. The number of hydrogen-bond donors (Lipinski definition) is 0. The fraction of sp³-hybridized carbons (Fsp3) is 0.111. The predicted octanol–water partition coefficient (Wildman–Crippen LogP) is 3.81. The summed E-state index contributed by atoms with van der Waals surface area (Å²) in [6.45, 7) is 0. The number of aryl methyl sites for hydroxylation is 1. The van der Waals surface area contributed by atoms with E-state index in [1.54, 1.807) is 6.20 Å². The number of aromatic nitrogens is 1. The van der Waals surface area contributed by atoms with Crippen molar-refractivity contribution < 1.29 is 4.42 Å². The lowest BCUT2D eigenvalue weighted by molar-refractivity contribution is 0.604. The van der Waals surface area contributed by atoms with Crippen LogP contribution in [0.1, 0.15) is 17.5 Å². The average molecular weight is 275 g/mol. The molecular weight excluding hydrogens is 262 g/mol. The highest BCUT2D eigenvalue weighted by Crippen LogP contribution is 2.27. The van der Waals surface area contributed by atoms with E-state index >= 15 is 0 Å². The van der Waals surface area contributed by atoms with Crippen LogP contribution < -0.4 is 5.43 Å². The fourth-order valence-corrected chi connectivity index (χ4v) is 2.83. The van der Waals surface area contributed by atoms with E-state index in [2.05, 4.69) is 11.1 Å². The zero-order chi connectivity index (χ0) is 14.2. The first-order valence-corrected chi connectivity index (χ1v) is 7.00. The molecule has 102 valence electrons. The molecule has 0 saturated heterocycles. The minimum absolute atomic E-state index is 0.0154. The molecule has 0 fully saturated rings. The number of hydrogen-bond acceptors (Lipinski definition) is 3. The van der Waals surface area contributed by atoms with Gasteiger partial charge in [-0.1, -0.05) is 24.3 Å². The number of benzene rings is 1. The van der Waals surface area contributed by atoms with Crippen LogP contribution in [0.25, 0.3) is 28.3 Å². The van der Waals surface area contributed by atoms with Crippen molar-refractivity contribution in [1.29, 1.82) is 0 Å². The molecule has 1 aromatic carbocycles. The zero-order valence-electron chi connectivity index (χ0n) is 11.4. The van der Waals surface area contributed by atoms with Crippen LogP contribution in [0, 0.1) is 0 Å². The number of nitrogens with zero attached hydrogens (tertiary/aromatic N) is 1. The van der Waals surface area contributed by atoms with Crippen LogP contribution in [0.3, 0.4) is 0 Å². The molecule has 2 aromatic heterocycles. The number of allylic oxidation sites excluding steroid dienone is 1. The summed E-state index contributed by atoms with van der Waals surface area (Å²) in [6.07, 6.45) is 9.30. The molecule has 0 amide bonds. The van der Waals surface area contributed by atoms with Gasteiger partial charge < -0.3 is 4.42 Å². The number of fused-ring (bicyclic) bond motifs is 3. The zero-order valence-corrected chi connectivity index (χ0v) is 11.4. The van der Waals surface area contributed by atoms with Crippen molar-refractivity contribution in [2.45, 2.75) is 12.8 Å². The van der Waals surface area contributed by atoms with E-state index in [1.807, 2.05) is 36.4 Å². The Morgan fingerprint density at radius 3 is 2.95 bits per heavy atom. The van der Waals surface area contributed by atoms with Crippen molar-refractivity contribution in [3.05, 3.63) is 70.2 Å². The Balaban J connectivity index is 2.08. The Labute approximate surface area is 121 Å². The van der Waals surface area contributed by atoms with E-state index in [4.69, 9.17) is 4.42 Å². The SMILES string of the molecule is O=c1c(-c2ccccn2)coc2ccc3c(c12)C=CCC3. The van der Waals surface area contributed by atoms with Crippen LogP contribution >= 0.6 is 0 Å². The van der Waals surface area contributed by atoms with E-state index in [0.29, 0.717) is 22.2 Å². The molecule has 21 heavy (non-hydrogen) atoms. The lowest BCUT2D eigenvalue weighted by Gasteiger charge is -2.12. The van der Waals surface area contributed by atoms with Gasteiger partial charge in [0, 0.05) is 6.20 Å². The normalized spacial score (nSPS) is 13.3. The molecule has 4 rings (SSSR count). The number of rotatable bonds is 1. The van der Waals surface area contributed by atoms with Gasteiger partial charge in [0.1, 0.15) is 11.8 Å². The van der Waals surface area contributed by atoms with E-state index in [1.165, 1.54) is 11.8 Å². The summed E-state index contributed by atoms with van der Waals surface area (Å²) in [5, 5.41) is 0.659. The first kappa shape index (κ1) is 12.1. The van der Waals surface area contributed by atoms with Gasteiger partial charge in [0.25, 0.3) is 0 Å². The monoisotopic (exact) mass is 275 g/mol. The third-order valence-corrected chi connectivity index (χ3v) is 3.88. The van der Waals surface area contributed by atoms with Gasteiger partial charge in [0.2, 0.25) is 5.43 Å². The highest BCUT2D eigenvalue weighted by molar-refractivity contribution is 5.90. The van der Waals surface area contributed by atoms with E-state index in [0.717, 1.165) is 18.4 Å². The topological polar surface area (TPSA) is 43.1 Å². The quantitative estimate of drug-likeness (QED) is 0.678. The molecule has 0 radical (unpaired) electrons. The molecule has 3 aromatic rings. The first-order valence-electron chi connectivity index (χ1n) is 7.00. The molecule has 0 bridgehead atoms. The largest absolute Gasteiger partial charge is 0.463 e. The summed E-state index contributed by atoms with van der Waals surface area (Å²) in [4.78, 5) is 17.1. The van der Waals surface area contributed by atoms with Crippen molar-refractivity contribution in [3.8, 4) is 11.3 Å². The Hall–Kier alpha value is -2.68. The second kappa shape index (κ2) is 4.70. The van der Waals surface area contributed by atoms with Crippen LogP contribution in [-0.2, 0) is 6.42 Å². The Kier molecular flexibility index (Phi) is 2.71. The lowest BCUT2D eigenvalue weighted by atomic mass is 9.93. The van der Waals surface area contributed by atoms with Crippen molar-refractivity contribution in [2.75, 3.05) is 0 Å². The van der Waals surface area contributed by atoms with Crippen LogP contribution in [0.2, 0.25) is 0 Å². The summed E-state index contributed by atoms with van der Waals surface area (Å²) in [6, 6.07) is 9.45. The average Bonchev–Trinajstić information content (AvgIpc) is 2.55. The van der Waals surface area contributed by atoms with Gasteiger partial charge in [-0.25, -0.2) is 0 Å². The maximum Gasteiger partial charge on any atom is 0.202 e. The molecule has 2 heterocycles. The van der Waals surface area contributed by atoms with Gasteiger partial charge in [0.15, 0.2) is 0 Å². The molecule has 0 atom stereocenters. The number of pyridine rings is 1. The molecule has 0 N–H and O–H groups in total. The van der Waals surface area contributed by atoms with Crippen molar-refractivity contribution in [1.82, 2.24) is 4.98 Å². The minimum Gasteiger partial charge on any atom is -0.463 e. The van der Waals surface area contributed by atoms with E-state index < -0.39 is 0 Å². The minimum atomic E-state index is -0.0154. The molecule has 0 saturated carbocycles. The second-order valence-corrected chi connectivity index (χ2v) is 5.15. The Bertz CT molecular complexity index is 908. The van der Waals surface area contributed by atoms with Crippen LogP contribution in [0.5, 0.6) is 0 Å². The van der Waals surface area contributed by atoms with Crippen LogP contribution in [0.15, 0.2) is 58.1 Å². The van der Waals surface area contributed by atoms with Crippen molar-refractivity contribution in [3.63, 3.8) is 0 Å². The smallest absolute Gasteiger partial charge is 0.202 e. The van der Waals surface area contributed by atoms with Gasteiger partial charge >= 0.3 is 0 Å². The highest BCUT2D eigenvalue weighted by Gasteiger charge is 2.16. The fourth-order valence-electron chi connectivity index (χ4n) is 2.83.